The fraction of sp³-hybridized carbons (Fsp3) is 0.647. The molecule has 1 aliphatic carbocycles. The molecule has 1 aliphatic rings. The van der Waals surface area contributed by atoms with Gasteiger partial charge in [-0.05, 0) is 52.4 Å². The standard InChI is InChI=1S/C17H26BrNS/c1-12(2)19-11-14-7-8-17(16(18)10-14)20-15-6-4-5-13(3)9-15/h7-8,10,12-13,15,19H,4-6,9,11H2,1-3H3. The molecular formula is C17H26BrNS. The molecule has 0 aliphatic heterocycles. The van der Waals surface area contributed by atoms with Gasteiger partial charge in [-0.3, -0.25) is 0 Å². The Morgan fingerprint density at radius 3 is 2.80 bits per heavy atom. The maximum Gasteiger partial charge on any atom is 0.0314 e. The van der Waals surface area contributed by atoms with Gasteiger partial charge in [-0.2, -0.15) is 0 Å². The van der Waals surface area contributed by atoms with E-state index >= 15 is 0 Å². The van der Waals surface area contributed by atoms with E-state index in [9.17, 15) is 0 Å². The van der Waals surface area contributed by atoms with Gasteiger partial charge < -0.3 is 5.32 Å². The molecule has 0 saturated heterocycles. The highest BCUT2D eigenvalue weighted by atomic mass is 79.9. The molecule has 2 atom stereocenters. The lowest BCUT2D eigenvalue weighted by atomic mass is 9.91. The summed E-state index contributed by atoms with van der Waals surface area (Å²) in [7, 11) is 0. The van der Waals surface area contributed by atoms with Gasteiger partial charge in [-0.1, -0.05) is 39.7 Å². The molecule has 0 amide bonds. The third-order valence-electron chi connectivity index (χ3n) is 3.89. The van der Waals surface area contributed by atoms with E-state index in [-0.39, 0.29) is 0 Å². The normalized spacial score (nSPS) is 23.2. The van der Waals surface area contributed by atoms with E-state index in [1.807, 2.05) is 0 Å². The molecule has 112 valence electrons. The van der Waals surface area contributed by atoms with Crippen molar-refractivity contribution in [3.63, 3.8) is 0 Å². The molecule has 1 N–H and O–H groups in total. The van der Waals surface area contributed by atoms with E-state index in [1.165, 1.54) is 40.6 Å². The minimum atomic E-state index is 0.534. The Bertz CT molecular complexity index is 433. The second-order valence-corrected chi connectivity index (χ2v) is 8.51. The van der Waals surface area contributed by atoms with E-state index in [4.69, 9.17) is 0 Å². The predicted octanol–water partition coefficient (Wildman–Crippen LogP) is 5.62. The van der Waals surface area contributed by atoms with Crippen LogP contribution in [0.15, 0.2) is 27.6 Å². The summed E-state index contributed by atoms with van der Waals surface area (Å²) in [5, 5.41) is 4.27. The Hall–Kier alpha value is 0.01000. The number of rotatable bonds is 5. The molecule has 1 aromatic carbocycles. The third kappa shape index (κ3) is 5.09. The molecule has 1 saturated carbocycles. The van der Waals surface area contributed by atoms with Crippen LogP contribution in [-0.4, -0.2) is 11.3 Å². The van der Waals surface area contributed by atoms with Crippen molar-refractivity contribution in [1.29, 1.82) is 0 Å². The fourth-order valence-corrected chi connectivity index (χ4v) is 4.83. The summed E-state index contributed by atoms with van der Waals surface area (Å²) >= 11 is 5.81. The summed E-state index contributed by atoms with van der Waals surface area (Å²) in [6.07, 6.45) is 5.55. The van der Waals surface area contributed by atoms with Gasteiger partial charge >= 0.3 is 0 Å². The first-order chi connectivity index (χ1) is 9.54. The smallest absolute Gasteiger partial charge is 0.0314 e. The van der Waals surface area contributed by atoms with Crippen molar-refractivity contribution in [2.75, 3.05) is 0 Å². The Morgan fingerprint density at radius 1 is 1.35 bits per heavy atom. The van der Waals surface area contributed by atoms with E-state index in [1.54, 1.807) is 0 Å². The lowest BCUT2D eigenvalue weighted by molar-refractivity contribution is 0.394. The summed E-state index contributed by atoms with van der Waals surface area (Å²) < 4.78 is 1.25. The van der Waals surface area contributed by atoms with Crippen molar-refractivity contribution in [2.24, 2.45) is 5.92 Å². The van der Waals surface area contributed by atoms with Crippen LogP contribution < -0.4 is 5.32 Å². The first-order valence-corrected chi connectivity index (χ1v) is 9.40. The van der Waals surface area contributed by atoms with Crippen LogP contribution in [0, 0.1) is 5.92 Å². The van der Waals surface area contributed by atoms with Crippen molar-refractivity contribution >= 4 is 27.7 Å². The first-order valence-electron chi connectivity index (χ1n) is 7.73. The third-order valence-corrected chi connectivity index (χ3v) is 6.18. The number of nitrogens with one attached hydrogen (secondary N) is 1. The zero-order valence-corrected chi connectivity index (χ0v) is 15.2. The Morgan fingerprint density at radius 2 is 2.15 bits per heavy atom. The molecule has 1 fully saturated rings. The highest BCUT2D eigenvalue weighted by Crippen LogP contribution is 2.39. The van der Waals surface area contributed by atoms with Gasteiger partial charge in [0.05, 0.1) is 0 Å². The summed E-state index contributed by atoms with van der Waals surface area (Å²) in [5.41, 5.74) is 1.35. The highest BCUT2D eigenvalue weighted by molar-refractivity contribution is 9.10. The van der Waals surface area contributed by atoms with Crippen molar-refractivity contribution in [1.82, 2.24) is 5.32 Å². The van der Waals surface area contributed by atoms with Crippen LogP contribution in [-0.2, 0) is 6.54 Å². The van der Waals surface area contributed by atoms with Crippen molar-refractivity contribution < 1.29 is 0 Å². The summed E-state index contributed by atoms with van der Waals surface area (Å²) in [5.74, 6) is 0.898. The van der Waals surface area contributed by atoms with Gasteiger partial charge in [-0.25, -0.2) is 0 Å². The van der Waals surface area contributed by atoms with Crippen molar-refractivity contribution in [3.8, 4) is 0 Å². The van der Waals surface area contributed by atoms with E-state index in [2.05, 4.69) is 72.0 Å². The van der Waals surface area contributed by atoms with Crippen LogP contribution in [0.2, 0.25) is 0 Å². The molecule has 0 bridgehead atoms. The highest BCUT2D eigenvalue weighted by Gasteiger charge is 2.20. The molecule has 2 unspecified atom stereocenters. The molecule has 0 heterocycles. The van der Waals surface area contributed by atoms with Gasteiger partial charge in [0, 0.05) is 27.2 Å². The van der Waals surface area contributed by atoms with Gasteiger partial charge in [0.1, 0.15) is 0 Å². The fourth-order valence-electron chi connectivity index (χ4n) is 2.74. The molecule has 0 aromatic heterocycles. The Labute approximate surface area is 136 Å². The Balaban J connectivity index is 1.95. The lowest BCUT2D eigenvalue weighted by Gasteiger charge is -2.26. The largest absolute Gasteiger partial charge is 0.310 e. The average molecular weight is 356 g/mol. The monoisotopic (exact) mass is 355 g/mol. The second-order valence-electron chi connectivity index (χ2n) is 6.31. The molecule has 0 radical (unpaired) electrons. The van der Waals surface area contributed by atoms with E-state index in [0.717, 1.165) is 17.7 Å². The average Bonchev–Trinajstić information content (AvgIpc) is 2.39. The van der Waals surface area contributed by atoms with E-state index in [0.29, 0.717) is 6.04 Å². The zero-order valence-electron chi connectivity index (χ0n) is 12.8. The number of thioether (sulfide) groups is 1. The van der Waals surface area contributed by atoms with Crippen LogP contribution in [0.5, 0.6) is 0 Å². The molecule has 1 nitrogen and oxygen atoms in total. The molecular weight excluding hydrogens is 330 g/mol. The van der Waals surface area contributed by atoms with E-state index < -0.39 is 0 Å². The van der Waals surface area contributed by atoms with Gasteiger partial charge in [0.25, 0.3) is 0 Å². The summed E-state index contributed by atoms with van der Waals surface area (Å²) in [4.78, 5) is 1.40. The van der Waals surface area contributed by atoms with Gasteiger partial charge in [-0.15, -0.1) is 11.8 Å². The van der Waals surface area contributed by atoms with Crippen LogP contribution in [0.1, 0.15) is 52.0 Å². The number of hydrogen-bond acceptors (Lipinski definition) is 2. The molecule has 1 aromatic rings. The van der Waals surface area contributed by atoms with Crippen LogP contribution in [0.3, 0.4) is 0 Å². The number of hydrogen-bond donors (Lipinski definition) is 1. The van der Waals surface area contributed by atoms with Crippen LogP contribution in [0.4, 0.5) is 0 Å². The molecule has 20 heavy (non-hydrogen) atoms. The molecule has 3 heteroatoms. The number of benzene rings is 1. The topological polar surface area (TPSA) is 12.0 Å². The van der Waals surface area contributed by atoms with Gasteiger partial charge in [0.15, 0.2) is 0 Å². The predicted molar refractivity (Wildman–Crippen MR) is 93.4 cm³/mol. The second kappa shape index (κ2) is 7.86. The summed E-state index contributed by atoms with van der Waals surface area (Å²) in [6.45, 7) is 7.71. The Kier molecular flexibility index (Phi) is 6.44. The molecule has 2 rings (SSSR count). The van der Waals surface area contributed by atoms with Crippen LogP contribution >= 0.6 is 27.7 Å². The van der Waals surface area contributed by atoms with Gasteiger partial charge in [0.2, 0.25) is 0 Å². The summed E-state index contributed by atoms with van der Waals surface area (Å²) in [6, 6.07) is 7.34. The van der Waals surface area contributed by atoms with Crippen molar-refractivity contribution in [3.05, 3.63) is 28.2 Å². The molecule has 0 spiro atoms. The number of halogens is 1. The SMILES string of the molecule is CC1CCCC(Sc2ccc(CNC(C)C)cc2Br)C1. The zero-order chi connectivity index (χ0) is 14.5. The first kappa shape index (κ1) is 16.4. The lowest BCUT2D eigenvalue weighted by Crippen LogP contribution is -2.21. The maximum absolute atomic E-state index is 3.75. The quantitative estimate of drug-likeness (QED) is 0.735. The minimum Gasteiger partial charge on any atom is -0.310 e. The maximum atomic E-state index is 3.75. The van der Waals surface area contributed by atoms with Crippen molar-refractivity contribution in [2.45, 2.75) is 69.2 Å². The minimum absolute atomic E-state index is 0.534. The van der Waals surface area contributed by atoms with Crippen LogP contribution in [0.25, 0.3) is 0 Å².